The summed E-state index contributed by atoms with van der Waals surface area (Å²) in [4.78, 5) is 42.6. The SMILES string of the molecule is COc1ccc2c(n1)C=C(C(=O)NC(CC1CC1)C(=O)CC(C#N)CC1CCCNC1=O)C2. The van der Waals surface area contributed by atoms with Crippen molar-refractivity contribution in [1.82, 2.24) is 15.6 Å². The smallest absolute Gasteiger partial charge is 0.248 e. The lowest BCUT2D eigenvalue weighted by Crippen LogP contribution is -2.43. The maximum atomic E-state index is 13.1. The van der Waals surface area contributed by atoms with E-state index in [0.29, 0.717) is 48.9 Å². The van der Waals surface area contributed by atoms with Crippen molar-refractivity contribution in [3.05, 3.63) is 29.0 Å². The van der Waals surface area contributed by atoms with E-state index in [9.17, 15) is 19.6 Å². The lowest BCUT2D eigenvalue weighted by atomic mass is 9.85. The van der Waals surface area contributed by atoms with Crippen LogP contribution in [0.15, 0.2) is 17.7 Å². The monoisotopic (exact) mass is 450 g/mol. The van der Waals surface area contributed by atoms with Crippen LogP contribution in [0.3, 0.4) is 0 Å². The molecule has 2 heterocycles. The Morgan fingerprint density at radius 1 is 1.30 bits per heavy atom. The number of pyridine rings is 1. The normalized spacial score (nSPS) is 21.2. The minimum atomic E-state index is -0.617. The summed E-state index contributed by atoms with van der Waals surface area (Å²) in [5.41, 5.74) is 2.22. The molecule has 1 aliphatic heterocycles. The number of amides is 2. The molecular formula is C25H30N4O4. The molecule has 1 aromatic rings. The summed E-state index contributed by atoms with van der Waals surface area (Å²) in [6, 6.07) is 5.25. The average molecular weight is 451 g/mol. The van der Waals surface area contributed by atoms with Crippen LogP contribution in [0.4, 0.5) is 0 Å². The van der Waals surface area contributed by atoms with Crippen LogP contribution < -0.4 is 15.4 Å². The van der Waals surface area contributed by atoms with E-state index in [1.54, 1.807) is 19.3 Å². The number of carbonyl (C=O) groups is 3. The Labute approximate surface area is 193 Å². The van der Waals surface area contributed by atoms with Crippen molar-refractivity contribution < 1.29 is 19.1 Å². The second-order valence-corrected chi connectivity index (χ2v) is 9.31. The van der Waals surface area contributed by atoms with Crippen molar-refractivity contribution in [2.45, 2.75) is 57.4 Å². The molecule has 8 nitrogen and oxygen atoms in total. The van der Waals surface area contributed by atoms with Crippen molar-refractivity contribution in [3.63, 3.8) is 0 Å². The first-order chi connectivity index (χ1) is 16.0. The van der Waals surface area contributed by atoms with E-state index in [0.717, 1.165) is 31.2 Å². The van der Waals surface area contributed by atoms with E-state index < -0.39 is 12.0 Å². The molecule has 0 radical (unpaired) electrons. The molecule has 2 aliphatic carbocycles. The van der Waals surface area contributed by atoms with E-state index >= 15 is 0 Å². The van der Waals surface area contributed by atoms with Crippen molar-refractivity contribution in [3.8, 4) is 11.9 Å². The lowest BCUT2D eigenvalue weighted by molar-refractivity contribution is -0.128. The highest BCUT2D eigenvalue weighted by atomic mass is 16.5. The first kappa shape index (κ1) is 23.0. The van der Waals surface area contributed by atoms with Crippen LogP contribution in [0.5, 0.6) is 5.88 Å². The van der Waals surface area contributed by atoms with Crippen molar-refractivity contribution in [2.75, 3.05) is 13.7 Å². The Bertz CT molecular complexity index is 1010. The van der Waals surface area contributed by atoms with Gasteiger partial charge in [-0.15, -0.1) is 0 Å². The van der Waals surface area contributed by atoms with Gasteiger partial charge in [-0.25, -0.2) is 4.98 Å². The summed E-state index contributed by atoms with van der Waals surface area (Å²) in [5.74, 6) is -0.266. The summed E-state index contributed by atoms with van der Waals surface area (Å²) in [5, 5.41) is 15.4. The number of rotatable bonds is 10. The molecule has 0 aromatic carbocycles. The minimum Gasteiger partial charge on any atom is -0.481 e. The highest BCUT2D eigenvalue weighted by Crippen LogP contribution is 2.35. The Morgan fingerprint density at radius 2 is 2.12 bits per heavy atom. The molecule has 0 bridgehead atoms. The summed E-state index contributed by atoms with van der Waals surface area (Å²) < 4.78 is 5.15. The number of Topliss-reactive ketones (excluding diaryl/α,β-unsaturated/α-hetero) is 1. The fourth-order valence-corrected chi connectivity index (χ4v) is 4.62. The largest absolute Gasteiger partial charge is 0.481 e. The zero-order valence-corrected chi connectivity index (χ0v) is 18.9. The van der Waals surface area contributed by atoms with Crippen LogP contribution in [0.1, 0.15) is 56.2 Å². The van der Waals surface area contributed by atoms with Gasteiger partial charge >= 0.3 is 0 Å². The Morgan fingerprint density at radius 3 is 2.82 bits per heavy atom. The van der Waals surface area contributed by atoms with Crippen molar-refractivity contribution in [2.24, 2.45) is 17.8 Å². The minimum absolute atomic E-state index is 0.0326. The molecule has 2 fully saturated rings. The lowest BCUT2D eigenvalue weighted by Gasteiger charge is -2.24. The third-order valence-corrected chi connectivity index (χ3v) is 6.74. The van der Waals surface area contributed by atoms with E-state index in [2.05, 4.69) is 21.7 Å². The fraction of sp³-hybridized carbons (Fsp3) is 0.560. The van der Waals surface area contributed by atoms with Gasteiger partial charge in [0.25, 0.3) is 0 Å². The van der Waals surface area contributed by atoms with E-state index in [-0.39, 0.29) is 29.9 Å². The number of aromatic nitrogens is 1. The summed E-state index contributed by atoms with van der Waals surface area (Å²) >= 11 is 0. The predicted molar refractivity (Wildman–Crippen MR) is 121 cm³/mol. The number of nitrogens with one attached hydrogen (secondary N) is 2. The maximum absolute atomic E-state index is 13.1. The molecule has 174 valence electrons. The number of nitriles is 1. The molecule has 2 amide bonds. The van der Waals surface area contributed by atoms with Crippen LogP contribution in [0, 0.1) is 29.1 Å². The fourth-order valence-electron chi connectivity index (χ4n) is 4.62. The van der Waals surface area contributed by atoms with Gasteiger partial charge in [0.05, 0.1) is 30.8 Å². The molecule has 8 heteroatoms. The molecule has 33 heavy (non-hydrogen) atoms. The zero-order chi connectivity index (χ0) is 23.4. The number of methoxy groups -OCH3 is 1. The highest BCUT2D eigenvalue weighted by Gasteiger charge is 2.34. The molecule has 1 aromatic heterocycles. The summed E-state index contributed by atoms with van der Waals surface area (Å²) in [7, 11) is 1.55. The standard InChI is InChI=1S/C25H30N4O4/c1-33-23-7-6-17-12-19(13-20(17)28-23)25(32)29-21(10-15-4-5-15)22(30)11-16(14-26)9-18-3-2-8-27-24(18)31/h6-7,13,15-16,18,21H,2-5,8-12H2,1H3,(H,27,31)(H,29,32). The molecule has 2 N–H and O–H groups in total. The van der Waals surface area contributed by atoms with Gasteiger partial charge < -0.3 is 15.4 Å². The molecule has 1 saturated heterocycles. The number of nitrogens with zero attached hydrogens (tertiary/aromatic N) is 2. The Balaban J connectivity index is 1.39. The number of hydrogen-bond acceptors (Lipinski definition) is 6. The number of ether oxygens (including phenoxy) is 1. The van der Waals surface area contributed by atoms with Gasteiger partial charge in [0.1, 0.15) is 0 Å². The first-order valence-corrected chi connectivity index (χ1v) is 11.7. The number of fused-ring (bicyclic) bond motifs is 1. The molecule has 1 saturated carbocycles. The second-order valence-electron chi connectivity index (χ2n) is 9.31. The van der Waals surface area contributed by atoms with Crippen molar-refractivity contribution >= 4 is 23.7 Å². The number of piperidine rings is 1. The van der Waals surface area contributed by atoms with Gasteiger partial charge in [-0.1, -0.05) is 18.9 Å². The average Bonchev–Trinajstić information content (AvgIpc) is 3.53. The summed E-state index contributed by atoms with van der Waals surface area (Å²) in [6.45, 7) is 0.670. The Hall–Kier alpha value is -3.21. The number of ketones is 1. The molecule has 0 spiro atoms. The zero-order valence-electron chi connectivity index (χ0n) is 18.9. The molecule has 4 rings (SSSR count). The van der Waals surface area contributed by atoms with Crippen LogP contribution in [0.2, 0.25) is 0 Å². The van der Waals surface area contributed by atoms with Gasteiger partial charge in [0.15, 0.2) is 5.78 Å². The van der Waals surface area contributed by atoms with Gasteiger partial charge in [-0.05, 0) is 43.2 Å². The third kappa shape index (κ3) is 5.78. The molecule has 3 aliphatic rings. The van der Waals surface area contributed by atoms with Crippen LogP contribution in [-0.4, -0.2) is 42.3 Å². The third-order valence-electron chi connectivity index (χ3n) is 6.74. The second kappa shape index (κ2) is 10.2. The van der Waals surface area contributed by atoms with Crippen LogP contribution in [-0.2, 0) is 20.8 Å². The molecule has 3 unspecified atom stereocenters. The maximum Gasteiger partial charge on any atom is 0.248 e. The van der Waals surface area contributed by atoms with Gasteiger partial charge in [-0.2, -0.15) is 5.26 Å². The Kier molecular flexibility index (Phi) is 7.07. The van der Waals surface area contributed by atoms with Crippen LogP contribution >= 0.6 is 0 Å². The highest BCUT2D eigenvalue weighted by molar-refractivity contribution is 6.02. The first-order valence-electron chi connectivity index (χ1n) is 11.7. The molecule has 3 atom stereocenters. The van der Waals surface area contributed by atoms with Gasteiger partial charge in [0.2, 0.25) is 17.7 Å². The molecular weight excluding hydrogens is 420 g/mol. The van der Waals surface area contributed by atoms with Gasteiger partial charge in [0, 0.05) is 36.9 Å². The number of carbonyl (C=O) groups excluding carboxylic acids is 3. The van der Waals surface area contributed by atoms with Crippen molar-refractivity contribution in [1.29, 1.82) is 5.26 Å². The van der Waals surface area contributed by atoms with E-state index in [4.69, 9.17) is 4.74 Å². The topological polar surface area (TPSA) is 121 Å². The predicted octanol–water partition coefficient (Wildman–Crippen LogP) is 2.33. The van der Waals surface area contributed by atoms with Gasteiger partial charge in [-0.3, -0.25) is 14.4 Å². The van der Waals surface area contributed by atoms with Crippen LogP contribution in [0.25, 0.3) is 6.08 Å². The summed E-state index contributed by atoms with van der Waals surface area (Å²) in [6.07, 6.45) is 6.98. The number of hydrogen-bond donors (Lipinski definition) is 2. The van der Waals surface area contributed by atoms with E-state index in [1.807, 2.05) is 6.07 Å². The van der Waals surface area contributed by atoms with E-state index in [1.165, 1.54) is 0 Å². The quantitative estimate of drug-likeness (QED) is 0.564.